The van der Waals surface area contributed by atoms with Gasteiger partial charge in [-0.15, -0.1) is 24.0 Å². The summed E-state index contributed by atoms with van der Waals surface area (Å²) in [5.74, 6) is 0.561. The topological polar surface area (TPSA) is 84.0 Å². The number of nitrogens with zero attached hydrogens (tertiary/aromatic N) is 1. The van der Waals surface area contributed by atoms with Gasteiger partial charge >= 0.3 is 0 Å². The van der Waals surface area contributed by atoms with Gasteiger partial charge in [-0.3, -0.25) is 9.79 Å². The van der Waals surface area contributed by atoms with Crippen molar-refractivity contribution in [2.45, 2.75) is 52.2 Å². The normalized spacial score (nSPS) is 21.7. The van der Waals surface area contributed by atoms with E-state index in [0.29, 0.717) is 19.1 Å². The Morgan fingerprint density at radius 2 is 2.00 bits per heavy atom. The third-order valence-electron chi connectivity index (χ3n) is 4.57. The van der Waals surface area contributed by atoms with Crippen LogP contribution in [0.4, 0.5) is 0 Å². The van der Waals surface area contributed by atoms with E-state index < -0.39 is 0 Å². The van der Waals surface area contributed by atoms with Crippen molar-refractivity contribution in [1.29, 1.82) is 0 Å². The Bertz CT molecular complexity index is 419. The molecule has 0 spiro atoms. The smallest absolute Gasteiger partial charge is 0.239 e. The second-order valence-electron chi connectivity index (χ2n) is 6.74. The molecular weight excluding hydrogens is 435 g/mol. The van der Waals surface area contributed by atoms with Gasteiger partial charge in [0.2, 0.25) is 5.91 Å². The van der Waals surface area contributed by atoms with Gasteiger partial charge in [0.25, 0.3) is 0 Å². The average Bonchev–Trinajstić information content (AvgIpc) is 2.56. The first-order valence-electron chi connectivity index (χ1n) is 8.80. The number of guanidine groups is 1. The number of hydrogen-bond donors (Lipinski definition) is 3. The monoisotopic (exact) mass is 470 g/mol. The SMILES string of the molecule is CCCCOC1CC(NC(=NC)NCC(=O)NCCOC)C1(C)C.I. The van der Waals surface area contributed by atoms with E-state index in [4.69, 9.17) is 9.47 Å². The molecule has 0 heterocycles. The Morgan fingerprint density at radius 1 is 1.28 bits per heavy atom. The number of unbranched alkanes of at least 4 members (excludes halogenated alkanes) is 1. The van der Waals surface area contributed by atoms with Crippen LogP contribution in [0.25, 0.3) is 0 Å². The van der Waals surface area contributed by atoms with Crippen molar-refractivity contribution in [3.8, 4) is 0 Å². The van der Waals surface area contributed by atoms with Gasteiger partial charge in [-0.05, 0) is 12.8 Å². The van der Waals surface area contributed by atoms with Crippen LogP contribution < -0.4 is 16.0 Å². The molecule has 0 aromatic heterocycles. The van der Waals surface area contributed by atoms with Crippen LogP contribution in [0.5, 0.6) is 0 Å². The fraction of sp³-hybridized carbons (Fsp3) is 0.882. The van der Waals surface area contributed by atoms with Crippen molar-refractivity contribution in [3.05, 3.63) is 0 Å². The molecule has 0 aliphatic heterocycles. The van der Waals surface area contributed by atoms with Crippen LogP contribution >= 0.6 is 24.0 Å². The molecule has 7 nitrogen and oxygen atoms in total. The van der Waals surface area contributed by atoms with E-state index in [1.807, 2.05) is 0 Å². The van der Waals surface area contributed by atoms with Gasteiger partial charge in [0.05, 0.1) is 19.3 Å². The van der Waals surface area contributed by atoms with Gasteiger partial charge < -0.3 is 25.4 Å². The molecule has 148 valence electrons. The first kappa shape index (κ1) is 24.4. The van der Waals surface area contributed by atoms with Gasteiger partial charge in [0.15, 0.2) is 5.96 Å². The van der Waals surface area contributed by atoms with E-state index >= 15 is 0 Å². The molecule has 2 atom stereocenters. The number of ether oxygens (including phenoxy) is 2. The van der Waals surface area contributed by atoms with Crippen LogP contribution in [0.3, 0.4) is 0 Å². The van der Waals surface area contributed by atoms with E-state index in [2.05, 4.69) is 41.7 Å². The van der Waals surface area contributed by atoms with Crippen molar-refractivity contribution in [1.82, 2.24) is 16.0 Å². The first-order chi connectivity index (χ1) is 11.5. The highest BCUT2D eigenvalue weighted by molar-refractivity contribution is 14.0. The van der Waals surface area contributed by atoms with Crippen molar-refractivity contribution < 1.29 is 14.3 Å². The van der Waals surface area contributed by atoms with E-state index in [-0.39, 0.29) is 54.0 Å². The molecule has 0 saturated heterocycles. The zero-order chi connectivity index (χ0) is 18.0. The summed E-state index contributed by atoms with van der Waals surface area (Å²) in [6.07, 6.45) is 3.48. The second-order valence-corrected chi connectivity index (χ2v) is 6.74. The number of aliphatic imine (C=N–C) groups is 1. The summed E-state index contributed by atoms with van der Waals surface area (Å²) in [5.41, 5.74) is 0.0477. The summed E-state index contributed by atoms with van der Waals surface area (Å²) in [4.78, 5) is 15.9. The number of carbonyl (C=O) groups is 1. The summed E-state index contributed by atoms with van der Waals surface area (Å²) in [6.45, 7) is 8.61. The lowest BCUT2D eigenvalue weighted by molar-refractivity contribution is -0.120. The fourth-order valence-corrected chi connectivity index (χ4v) is 2.66. The van der Waals surface area contributed by atoms with Crippen LogP contribution in [0, 0.1) is 5.41 Å². The first-order valence-corrected chi connectivity index (χ1v) is 8.80. The molecule has 1 aliphatic carbocycles. The summed E-state index contributed by atoms with van der Waals surface area (Å²) in [6, 6.07) is 0.284. The minimum Gasteiger partial charge on any atom is -0.383 e. The summed E-state index contributed by atoms with van der Waals surface area (Å²) in [5, 5.41) is 9.20. The van der Waals surface area contributed by atoms with Crippen molar-refractivity contribution >= 4 is 35.8 Å². The van der Waals surface area contributed by atoms with Gasteiger partial charge in [0, 0.05) is 38.8 Å². The lowest BCUT2D eigenvalue weighted by Gasteiger charge is -2.52. The highest BCUT2D eigenvalue weighted by atomic mass is 127. The molecule has 8 heteroatoms. The van der Waals surface area contributed by atoms with Crippen LogP contribution in [-0.4, -0.2) is 64.5 Å². The molecule has 3 N–H and O–H groups in total. The molecule has 0 radical (unpaired) electrons. The zero-order valence-corrected chi connectivity index (χ0v) is 18.5. The third-order valence-corrected chi connectivity index (χ3v) is 4.57. The van der Waals surface area contributed by atoms with Crippen molar-refractivity contribution in [3.63, 3.8) is 0 Å². The van der Waals surface area contributed by atoms with Crippen LogP contribution in [0.1, 0.15) is 40.0 Å². The van der Waals surface area contributed by atoms with Gasteiger partial charge in [-0.25, -0.2) is 0 Å². The minimum atomic E-state index is -0.0800. The van der Waals surface area contributed by atoms with E-state index in [9.17, 15) is 4.79 Å². The Morgan fingerprint density at radius 3 is 2.56 bits per heavy atom. The molecule has 1 amide bonds. The van der Waals surface area contributed by atoms with Crippen molar-refractivity contribution in [2.75, 3.05) is 40.5 Å². The third kappa shape index (κ3) is 8.08. The quantitative estimate of drug-likeness (QED) is 0.195. The van der Waals surface area contributed by atoms with E-state index in [0.717, 1.165) is 25.9 Å². The Labute approximate surface area is 169 Å². The lowest BCUT2D eigenvalue weighted by Crippen LogP contribution is -2.63. The highest BCUT2D eigenvalue weighted by Crippen LogP contribution is 2.42. The predicted octanol–water partition coefficient (Wildman–Crippen LogP) is 1.52. The van der Waals surface area contributed by atoms with Gasteiger partial charge in [-0.2, -0.15) is 0 Å². The average molecular weight is 470 g/mol. The predicted molar refractivity (Wildman–Crippen MR) is 112 cm³/mol. The largest absolute Gasteiger partial charge is 0.383 e. The summed E-state index contributed by atoms with van der Waals surface area (Å²) in [7, 11) is 3.31. The Balaban J connectivity index is 0.00000576. The summed E-state index contributed by atoms with van der Waals surface area (Å²) < 4.78 is 10.9. The molecule has 0 bridgehead atoms. The zero-order valence-electron chi connectivity index (χ0n) is 16.2. The molecule has 1 fully saturated rings. The molecule has 0 aromatic rings. The van der Waals surface area contributed by atoms with Gasteiger partial charge in [0.1, 0.15) is 0 Å². The van der Waals surface area contributed by atoms with Crippen LogP contribution in [0.15, 0.2) is 4.99 Å². The number of rotatable bonds is 10. The second kappa shape index (κ2) is 12.7. The Kier molecular flexibility index (Phi) is 12.4. The standard InChI is InChI=1S/C17H34N4O3.HI/c1-6-7-9-24-14-11-13(17(14,2)3)21-16(18-4)20-12-15(22)19-8-10-23-5;/h13-14H,6-12H2,1-5H3,(H,19,22)(H2,18,20,21);1H. The van der Waals surface area contributed by atoms with Crippen LogP contribution in [-0.2, 0) is 14.3 Å². The summed E-state index contributed by atoms with van der Waals surface area (Å²) >= 11 is 0. The van der Waals surface area contributed by atoms with Crippen LogP contribution in [0.2, 0.25) is 0 Å². The number of methoxy groups -OCH3 is 1. The maximum atomic E-state index is 11.7. The Hall–Kier alpha value is -0.610. The maximum Gasteiger partial charge on any atom is 0.239 e. The van der Waals surface area contributed by atoms with Gasteiger partial charge in [-0.1, -0.05) is 27.2 Å². The number of halogens is 1. The molecular formula is C17H35IN4O3. The number of nitrogens with one attached hydrogen (secondary N) is 3. The molecule has 1 aliphatic rings. The maximum absolute atomic E-state index is 11.7. The highest BCUT2D eigenvalue weighted by Gasteiger charge is 2.49. The minimum absolute atomic E-state index is 0. The molecule has 0 aromatic carbocycles. The molecule has 1 rings (SSSR count). The van der Waals surface area contributed by atoms with E-state index in [1.54, 1.807) is 14.2 Å². The number of carbonyl (C=O) groups excluding carboxylic acids is 1. The van der Waals surface area contributed by atoms with Crippen molar-refractivity contribution in [2.24, 2.45) is 10.4 Å². The number of hydrogen-bond acceptors (Lipinski definition) is 4. The molecule has 2 unspecified atom stereocenters. The molecule has 1 saturated carbocycles. The molecule has 25 heavy (non-hydrogen) atoms. The van der Waals surface area contributed by atoms with E-state index in [1.165, 1.54) is 0 Å². The number of amides is 1. The fourth-order valence-electron chi connectivity index (χ4n) is 2.66. The lowest BCUT2D eigenvalue weighted by atomic mass is 9.64.